The van der Waals surface area contributed by atoms with Gasteiger partial charge < -0.3 is 4.90 Å². The molecule has 304 valence electrons. The Labute approximate surface area is 365 Å². The van der Waals surface area contributed by atoms with Crippen LogP contribution in [0.25, 0.3) is 45.0 Å². The van der Waals surface area contributed by atoms with Crippen molar-refractivity contribution >= 4 is 28.7 Å². The van der Waals surface area contributed by atoms with E-state index in [-0.39, 0.29) is 10.8 Å². The molecule has 0 radical (unpaired) electrons. The second-order valence-electron chi connectivity index (χ2n) is 17.6. The van der Waals surface area contributed by atoms with E-state index in [1.54, 1.807) is 0 Å². The highest BCUT2D eigenvalue weighted by atomic mass is 15.1. The van der Waals surface area contributed by atoms with E-state index in [9.17, 15) is 0 Å². The average Bonchev–Trinajstić information content (AvgIpc) is 3.67. The smallest absolute Gasteiger partial charge is 0.0543 e. The SMILES string of the molecule is C/C(=C\C=C/C1=Cc2ccccc2C1(C)C)c1ccc(N(c2ccc3c(c2)-c2ccccc2C3(C)C)c2ccc(-c3ccccc3C)c(C)c2-c2ccccc2C)cc1.CC. The highest BCUT2D eigenvalue weighted by molar-refractivity contribution is 5.96. The highest BCUT2D eigenvalue weighted by Gasteiger charge is 2.36. The Hall–Kier alpha value is -6.44. The van der Waals surface area contributed by atoms with Gasteiger partial charge in [0.1, 0.15) is 0 Å². The molecule has 1 nitrogen and oxygen atoms in total. The van der Waals surface area contributed by atoms with Crippen LogP contribution in [0.2, 0.25) is 0 Å². The third-order valence-electron chi connectivity index (χ3n) is 13.2. The van der Waals surface area contributed by atoms with Crippen LogP contribution in [-0.2, 0) is 10.8 Å². The van der Waals surface area contributed by atoms with Crippen LogP contribution in [0.1, 0.15) is 93.0 Å². The molecular weight excluding hydrogens is 735 g/mol. The third kappa shape index (κ3) is 7.31. The van der Waals surface area contributed by atoms with Crippen molar-refractivity contribution in [3.05, 3.63) is 220 Å². The van der Waals surface area contributed by atoms with E-state index in [0.29, 0.717) is 0 Å². The maximum Gasteiger partial charge on any atom is 0.0543 e. The first kappa shape index (κ1) is 41.3. The monoisotopic (exact) mass is 793 g/mol. The molecular formula is C60H59N. The molecule has 7 aromatic carbocycles. The van der Waals surface area contributed by atoms with Crippen molar-refractivity contribution in [1.29, 1.82) is 0 Å². The van der Waals surface area contributed by atoms with Gasteiger partial charge in [-0.05, 0) is 141 Å². The van der Waals surface area contributed by atoms with E-state index in [4.69, 9.17) is 0 Å². The molecule has 0 spiro atoms. The summed E-state index contributed by atoms with van der Waals surface area (Å²) in [5.41, 5.74) is 24.1. The number of aryl methyl sites for hydroxylation is 2. The fourth-order valence-corrected chi connectivity index (χ4v) is 9.74. The van der Waals surface area contributed by atoms with Crippen LogP contribution >= 0.6 is 0 Å². The summed E-state index contributed by atoms with van der Waals surface area (Å²) >= 11 is 0. The van der Waals surface area contributed by atoms with Crippen LogP contribution in [0.5, 0.6) is 0 Å². The quantitative estimate of drug-likeness (QED) is 0.139. The molecule has 0 saturated carbocycles. The first-order chi connectivity index (χ1) is 29.4. The van der Waals surface area contributed by atoms with Crippen LogP contribution < -0.4 is 4.90 Å². The minimum absolute atomic E-state index is 0.0110. The molecule has 0 unspecified atom stereocenters. The summed E-state index contributed by atoms with van der Waals surface area (Å²) in [4.78, 5) is 2.49. The predicted octanol–water partition coefficient (Wildman–Crippen LogP) is 17.1. The topological polar surface area (TPSA) is 3.24 Å². The van der Waals surface area contributed by atoms with Gasteiger partial charge in [0.25, 0.3) is 0 Å². The Morgan fingerprint density at radius 1 is 0.508 bits per heavy atom. The number of allylic oxidation sites excluding steroid dienone is 5. The lowest BCUT2D eigenvalue weighted by Gasteiger charge is -2.31. The zero-order valence-corrected chi connectivity index (χ0v) is 37.7. The molecule has 0 saturated heterocycles. The molecule has 2 aliphatic carbocycles. The minimum atomic E-state index is -0.0681. The zero-order chi connectivity index (χ0) is 43.1. The van der Waals surface area contributed by atoms with E-state index in [1.165, 1.54) is 89.0 Å². The first-order valence-corrected chi connectivity index (χ1v) is 22.0. The number of rotatable bonds is 8. The maximum atomic E-state index is 2.49. The molecule has 0 atom stereocenters. The molecule has 9 rings (SSSR count). The van der Waals surface area contributed by atoms with Crippen molar-refractivity contribution < 1.29 is 0 Å². The molecule has 0 N–H and O–H groups in total. The first-order valence-electron chi connectivity index (χ1n) is 22.0. The Morgan fingerprint density at radius 2 is 1.08 bits per heavy atom. The van der Waals surface area contributed by atoms with Crippen LogP contribution in [0.3, 0.4) is 0 Å². The summed E-state index contributed by atoms with van der Waals surface area (Å²) in [6.07, 6.45) is 9.07. The molecule has 7 aromatic rings. The van der Waals surface area contributed by atoms with Crippen molar-refractivity contribution in [2.75, 3.05) is 4.90 Å². The van der Waals surface area contributed by atoms with Crippen molar-refractivity contribution in [1.82, 2.24) is 0 Å². The normalized spacial score (nSPS) is 14.5. The van der Waals surface area contributed by atoms with Gasteiger partial charge in [-0.3, -0.25) is 0 Å². The van der Waals surface area contributed by atoms with Crippen LogP contribution in [0, 0.1) is 20.8 Å². The molecule has 2 aliphatic rings. The maximum absolute atomic E-state index is 2.49. The minimum Gasteiger partial charge on any atom is -0.310 e. The average molecular weight is 794 g/mol. The summed E-state index contributed by atoms with van der Waals surface area (Å²) in [7, 11) is 0. The van der Waals surface area contributed by atoms with Gasteiger partial charge in [0.05, 0.1) is 5.69 Å². The highest BCUT2D eigenvalue weighted by Crippen LogP contribution is 2.52. The summed E-state index contributed by atoms with van der Waals surface area (Å²) in [5, 5.41) is 0. The van der Waals surface area contributed by atoms with E-state index < -0.39 is 0 Å². The summed E-state index contributed by atoms with van der Waals surface area (Å²) in [6, 6.07) is 56.2. The summed E-state index contributed by atoms with van der Waals surface area (Å²) in [6.45, 7) is 22.3. The fourth-order valence-electron chi connectivity index (χ4n) is 9.74. The molecule has 0 aromatic heterocycles. The van der Waals surface area contributed by atoms with Gasteiger partial charge in [-0.2, -0.15) is 0 Å². The van der Waals surface area contributed by atoms with Gasteiger partial charge in [0, 0.05) is 27.8 Å². The number of benzene rings is 7. The van der Waals surface area contributed by atoms with E-state index in [0.717, 1.165) is 17.1 Å². The third-order valence-corrected chi connectivity index (χ3v) is 13.2. The molecule has 0 bridgehead atoms. The largest absolute Gasteiger partial charge is 0.310 e. The summed E-state index contributed by atoms with van der Waals surface area (Å²) < 4.78 is 0. The number of fused-ring (bicyclic) bond motifs is 4. The van der Waals surface area contributed by atoms with Crippen molar-refractivity contribution in [3.63, 3.8) is 0 Å². The Kier molecular flexibility index (Phi) is 11.2. The lowest BCUT2D eigenvalue weighted by molar-refractivity contribution is 0.655. The van der Waals surface area contributed by atoms with Gasteiger partial charge in [-0.15, -0.1) is 0 Å². The second-order valence-corrected chi connectivity index (χ2v) is 17.6. The zero-order valence-electron chi connectivity index (χ0n) is 37.7. The van der Waals surface area contributed by atoms with E-state index in [1.807, 2.05) is 13.8 Å². The van der Waals surface area contributed by atoms with Crippen LogP contribution in [0.4, 0.5) is 17.1 Å². The lowest BCUT2D eigenvalue weighted by Crippen LogP contribution is -2.16. The van der Waals surface area contributed by atoms with Gasteiger partial charge in [0.2, 0.25) is 0 Å². The Morgan fingerprint density at radius 3 is 1.75 bits per heavy atom. The van der Waals surface area contributed by atoms with Gasteiger partial charge in [0.15, 0.2) is 0 Å². The standard InChI is InChI=1S/C58H53N.C2H6/c1-38(20-17-22-44-36-43-21-11-15-26-52(43)57(44,5)6)42-28-30-45(31-29-42)59(46-32-34-54-51(37-46)50-25-14-16-27-53(50)58(54,7)8)55-35-33-49(47-23-12-9-18-39(47)2)41(4)56(55)48-24-13-10-19-40(48)3;1-2/h9-37H,1-8H3;1-2H3/b22-17-,38-20+;. The van der Waals surface area contributed by atoms with Crippen molar-refractivity contribution in [3.8, 4) is 33.4 Å². The van der Waals surface area contributed by atoms with Crippen LogP contribution in [0.15, 0.2) is 175 Å². The van der Waals surface area contributed by atoms with Crippen molar-refractivity contribution in [2.24, 2.45) is 0 Å². The van der Waals surface area contributed by atoms with Gasteiger partial charge in [-0.1, -0.05) is 187 Å². The number of anilines is 3. The Bertz CT molecular complexity index is 2860. The van der Waals surface area contributed by atoms with E-state index in [2.05, 4.69) is 236 Å². The lowest BCUT2D eigenvalue weighted by atomic mass is 9.81. The predicted molar refractivity (Wildman–Crippen MR) is 265 cm³/mol. The molecule has 0 heterocycles. The van der Waals surface area contributed by atoms with Crippen LogP contribution in [-0.4, -0.2) is 0 Å². The molecule has 0 aliphatic heterocycles. The van der Waals surface area contributed by atoms with Gasteiger partial charge in [-0.25, -0.2) is 0 Å². The number of nitrogens with zero attached hydrogens (tertiary/aromatic N) is 1. The fraction of sp³-hybridized carbons (Fsp3) is 0.200. The van der Waals surface area contributed by atoms with Gasteiger partial charge >= 0.3 is 0 Å². The summed E-state index contributed by atoms with van der Waals surface area (Å²) in [5.74, 6) is 0. The van der Waals surface area contributed by atoms with E-state index >= 15 is 0 Å². The number of hydrogen-bond donors (Lipinski definition) is 0. The molecule has 0 fully saturated rings. The molecule has 1 heteroatoms. The molecule has 0 amide bonds. The Balaban J connectivity index is 0.00000253. The number of hydrogen-bond acceptors (Lipinski definition) is 1. The second kappa shape index (κ2) is 16.5. The molecule has 61 heavy (non-hydrogen) atoms. The van der Waals surface area contributed by atoms with Crippen molar-refractivity contribution in [2.45, 2.75) is 80.1 Å².